The van der Waals surface area contributed by atoms with E-state index < -0.39 is 0 Å². The van der Waals surface area contributed by atoms with Crippen LogP contribution in [0.4, 0.5) is 0 Å². The molecule has 0 amide bonds. The predicted molar refractivity (Wildman–Crippen MR) is 87.1 cm³/mol. The van der Waals surface area contributed by atoms with Gasteiger partial charge in [-0.2, -0.15) is 0 Å². The molecule has 22 heavy (non-hydrogen) atoms. The van der Waals surface area contributed by atoms with E-state index in [1.807, 2.05) is 6.07 Å². The number of hydrogen-bond donors (Lipinski definition) is 0. The van der Waals surface area contributed by atoms with Crippen molar-refractivity contribution in [3.05, 3.63) is 45.8 Å². The lowest BCUT2D eigenvalue weighted by Crippen LogP contribution is -2.44. The van der Waals surface area contributed by atoms with Gasteiger partial charge in [0.1, 0.15) is 5.58 Å². The van der Waals surface area contributed by atoms with Gasteiger partial charge >= 0.3 is 5.63 Å². The van der Waals surface area contributed by atoms with E-state index in [-0.39, 0.29) is 17.8 Å². The zero-order valence-corrected chi connectivity index (χ0v) is 13.5. The molecule has 2 atom stereocenters. The minimum Gasteiger partial charge on any atom is -0.423 e. The zero-order valence-electron chi connectivity index (χ0n) is 13.5. The van der Waals surface area contributed by atoms with E-state index in [0.717, 1.165) is 37.0 Å². The zero-order chi connectivity index (χ0) is 15.7. The Hall–Kier alpha value is -1.65. The molecule has 0 unspecified atom stereocenters. The Morgan fingerprint density at radius 2 is 1.91 bits per heavy atom. The maximum absolute atomic E-state index is 11.9. The van der Waals surface area contributed by atoms with Gasteiger partial charge in [0.2, 0.25) is 0 Å². The highest BCUT2D eigenvalue weighted by Crippen LogP contribution is 2.22. The van der Waals surface area contributed by atoms with Crippen LogP contribution in [0.25, 0.3) is 11.0 Å². The molecule has 4 heteroatoms. The van der Waals surface area contributed by atoms with Gasteiger partial charge in [0.15, 0.2) is 0 Å². The second-order valence-electron chi connectivity index (χ2n) is 6.23. The molecular formula is C18H23NO3. The van der Waals surface area contributed by atoms with E-state index in [2.05, 4.69) is 37.8 Å². The Labute approximate surface area is 130 Å². The van der Waals surface area contributed by atoms with Crippen LogP contribution in [-0.2, 0) is 17.7 Å². The summed E-state index contributed by atoms with van der Waals surface area (Å²) in [5, 5.41) is 1.03. The number of nitrogens with zero attached hydrogens (tertiary/aromatic N) is 1. The van der Waals surface area contributed by atoms with Crippen molar-refractivity contribution in [3.63, 3.8) is 0 Å². The molecule has 0 N–H and O–H groups in total. The number of hydrogen-bond acceptors (Lipinski definition) is 4. The molecule has 2 heterocycles. The van der Waals surface area contributed by atoms with Crippen LogP contribution in [0.15, 0.2) is 33.5 Å². The number of ether oxygens (including phenoxy) is 1. The molecule has 0 radical (unpaired) electrons. The molecule has 1 aromatic heterocycles. The number of aryl methyl sites for hydroxylation is 1. The molecular weight excluding hydrogens is 278 g/mol. The predicted octanol–water partition coefficient (Wildman–Crippen LogP) is 2.96. The third-order valence-electron chi connectivity index (χ3n) is 4.19. The van der Waals surface area contributed by atoms with Crippen molar-refractivity contribution in [2.24, 2.45) is 0 Å². The van der Waals surface area contributed by atoms with Crippen molar-refractivity contribution < 1.29 is 9.15 Å². The monoisotopic (exact) mass is 301 g/mol. The van der Waals surface area contributed by atoms with Crippen LogP contribution in [-0.4, -0.2) is 30.2 Å². The van der Waals surface area contributed by atoms with Crippen LogP contribution in [0, 0.1) is 0 Å². The van der Waals surface area contributed by atoms with E-state index in [1.165, 1.54) is 5.56 Å². The van der Waals surface area contributed by atoms with Gasteiger partial charge in [-0.15, -0.1) is 0 Å². The van der Waals surface area contributed by atoms with E-state index >= 15 is 0 Å². The van der Waals surface area contributed by atoms with Gasteiger partial charge in [0.25, 0.3) is 0 Å². The Balaban J connectivity index is 1.94. The fourth-order valence-corrected chi connectivity index (χ4v) is 3.28. The van der Waals surface area contributed by atoms with Gasteiger partial charge in [-0.3, -0.25) is 4.90 Å². The van der Waals surface area contributed by atoms with Crippen molar-refractivity contribution in [1.82, 2.24) is 4.90 Å². The van der Waals surface area contributed by atoms with Crippen molar-refractivity contribution in [3.8, 4) is 0 Å². The maximum atomic E-state index is 11.9. The molecule has 3 rings (SSSR count). The van der Waals surface area contributed by atoms with Crippen molar-refractivity contribution in [2.75, 3.05) is 13.1 Å². The molecule has 1 aliphatic heterocycles. The molecule has 2 aromatic rings. The standard InChI is InChI=1S/C18H23NO3/c1-4-14-5-6-16-15(8-18(20)22-17(16)7-14)11-19-9-12(2)21-13(3)10-19/h5-8,12-13H,4,9-11H2,1-3H3/t12-,13-/m1/s1. The summed E-state index contributed by atoms with van der Waals surface area (Å²) in [5.74, 6) is 0. The summed E-state index contributed by atoms with van der Waals surface area (Å²) in [7, 11) is 0. The first-order valence-electron chi connectivity index (χ1n) is 7.98. The van der Waals surface area contributed by atoms with Gasteiger partial charge in [-0.25, -0.2) is 4.79 Å². The minimum absolute atomic E-state index is 0.224. The average Bonchev–Trinajstić information content (AvgIpc) is 2.45. The summed E-state index contributed by atoms with van der Waals surface area (Å²) in [6, 6.07) is 7.78. The average molecular weight is 301 g/mol. The lowest BCUT2D eigenvalue weighted by molar-refractivity contribution is -0.0704. The number of rotatable bonds is 3. The summed E-state index contributed by atoms with van der Waals surface area (Å²) in [5.41, 5.74) is 2.64. The molecule has 1 saturated heterocycles. The maximum Gasteiger partial charge on any atom is 0.336 e. The minimum atomic E-state index is -0.273. The van der Waals surface area contributed by atoms with Crippen molar-refractivity contribution in [1.29, 1.82) is 0 Å². The third kappa shape index (κ3) is 3.23. The van der Waals surface area contributed by atoms with E-state index in [9.17, 15) is 4.79 Å². The Morgan fingerprint density at radius 3 is 2.59 bits per heavy atom. The molecule has 4 nitrogen and oxygen atoms in total. The van der Waals surface area contributed by atoms with Gasteiger partial charge in [0.05, 0.1) is 12.2 Å². The second kappa shape index (κ2) is 6.23. The summed E-state index contributed by atoms with van der Waals surface area (Å²) < 4.78 is 11.2. The van der Waals surface area contributed by atoms with Gasteiger partial charge in [0, 0.05) is 31.1 Å². The van der Waals surface area contributed by atoms with Crippen LogP contribution in [0.2, 0.25) is 0 Å². The second-order valence-corrected chi connectivity index (χ2v) is 6.23. The lowest BCUT2D eigenvalue weighted by Gasteiger charge is -2.35. The number of benzene rings is 1. The highest BCUT2D eigenvalue weighted by atomic mass is 16.5. The molecule has 1 fully saturated rings. The fraction of sp³-hybridized carbons (Fsp3) is 0.500. The Bertz CT molecular complexity index is 712. The van der Waals surface area contributed by atoms with Crippen molar-refractivity contribution >= 4 is 11.0 Å². The molecule has 0 aliphatic carbocycles. The molecule has 0 saturated carbocycles. The quantitative estimate of drug-likeness (QED) is 0.818. The Morgan fingerprint density at radius 1 is 1.18 bits per heavy atom. The topological polar surface area (TPSA) is 42.7 Å². The van der Waals surface area contributed by atoms with Crippen LogP contribution < -0.4 is 5.63 Å². The first-order chi connectivity index (χ1) is 10.5. The molecule has 1 aliphatic rings. The molecule has 118 valence electrons. The summed E-state index contributed by atoms with van der Waals surface area (Å²) in [6.45, 7) is 8.81. The third-order valence-corrected chi connectivity index (χ3v) is 4.19. The van der Waals surface area contributed by atoms with Crippen LogP contribution in [0.5, 0.6) is 0 Å². The first kappa shape index (κ1) is 15.3. The summed E-state index contributed by atoms with van der Waals surface area (Å²) in [6.07, 6.45) is 1.38. The van der Waals surface area contributed by atoms with Gasteiger partial charge < -0.3 is 9.15 Å². The molecule has 0 bridgehead atoms. The fourth-order valence-electron chi connectivity index (χ4n) is 3.28. The molecule has 0 spiro atoms. The largest absolute Gasteiger partial charge is 0.423 e. The highest BCUT2D eigenvalue weighted by Gasteiger charge is 2.22. The highest BCUT2D eigenvalue weighted by molar-refractivity contribution is 5.80. The van der Waals surface area contributed by atoms with Crippen LogP contribution in [0.1, 0.15) is 31.9 Å². The van der Waals surface area contributed by atoms with E-state index in [1.54, 1.807) is 6.07 Å². The summed E-state index contributed by atoms with van der Waals surface area (Å²) >= 11 is 0. The number of morpholine rings is 1. The normalized spacial score (nSPS) is 23.0. The van der Waals surface area contributed by atoms with Gasteiger partial charge in [-0.05, 0) is 37.5 Å². The van der Waals surface area contributed by atoms with Crippen LogP contribution >= 0.6 is 0 Å². The van der Waals surface area contributed by atoms with E-state index in [4.69, 9.17) is 9.15 Å². The molecule has 1 aromatic carbocycles. The van der Waals surface area contributed by atoms with E-state index in [0.29, 0.717) is 5.58 Å². The first-order valence-corrected chi connectivity index (χ1v) is 7.98. The lowest BCUT2D eigenvalue weighted by atomic mass is 10.1. The summed E-state index contributed by atoms with van der Waals surface area (Å²) in [4.78, 5) is 14.2. The SMILES string of the molecule is CCc1ccc2c(CN3C[C@@H](C)O[C@H](C)C3)cc(=O)oc2c1. The van der Waals surface area contributed by atoms with Gasteiger partial charge in [-0.1, -0.05) is 19.1 Å². The van der Waals surface area contributed by atoms with Crippen LogP contribution in [0.3, 0.4) is 0 Å². The van der Waals surface area contributed by atoms with Crippen molar-refractivity contribution in [2.45, 2.75) is 45.9 Å². The number of fused-ring (bicyclic) bond motifs is 1. The Kier molecular flexibility index (Phi) is 4.32. The smallest absolute Gasteiger partial charge is 0.336 e.